The van der Waals surface area contributed by atoms with E-state index in [0.717, 1.165) is 5.56 Å². The molecule has 280 valence electrons. The van der Waals surface area contributed by atoms with Gasteiger partial charge in [-0.1, -0.05) is 63.6 Å². The van der Waals surface area contributed by atoms with Crippen molar-refractivity contribution < 1.29 is 37.8 Å². The summed E-state index contributed by atoms with van der Waals surface area (Å²) in [4.78, 5) is 56.4. The summed E-state index contributed by atoms with van der Waals surface area (Å²) < 4.78 is 32.8. The first-order chi connectivity index (χ1) is 24.7. The van der Waals surface area contributed by atoms with Gasteiger partial charge in [-0.2, -0.15) is 0 Å². The molecular formula is C40H51FN4O7. The van der Waals surface area contributed by atoms with Gasteiger partial charge in [0, 0.05) is 7.05 Å². The van der Waals surface area contributed by atoms with Gasteiger partial charge in [-0.15, -0.1) is 0 Å². The van der Waals surface area contributed by atoms with Gasteiger partial charge in [-0.25, -0.2) is 4.39 Å². The van der Waals surface area contributed by atoms with E-state index in [9.17, 15) is 23.6 Å². The van der Waals surface area contributed by atoms with Crippen molar-refractivity contribution in [3.63, 3.8) is 0 Å². The second-order valence-electron chi connectivity index (χ2n) is 14.2. The minimum atomic E-state index is -1.33. The number of benzene rings is 3. The normalized spacial score (nSPS) is 19.2. The number of aryl methyl sites for hydroxylation is 1. The van der Waals surface area contributed by atoms with E-state index >= 15 is 0 Å². The number of hydrogen-bond donors (Lipinski definition) is 3. The number of nitrogens with one attached hydrogen (secondary N) is 3. The highest BCUT2D eigenvalue weighted by molar-refractivity contribution is 6.01. The van der Waals surface area contributed by atoms with Gasteiger partial charge in [0.2, 0.25) is 17.7 Å². The second-order valence-corrected chi connectivity index (χ2v) is 14.2. The topological polar surface area (TPSA) is 135 Å². The van der Waals surface area contributed by atoms with Crippen LogP contribution >= 0.6 is 0 Å². The molecule has 0 unspecified atom stereocenters. The van der Waals surface area contributed by atoms with Crippen molar-refractivity contribution >= 4 is 23.6 Å². The SMILES string of the molecule is Cc1ccc(Oc2cccc(F)c2OC[C@@H](C)NC(=O)[C@@H]2CC(=O)N[C@@H](CC(C)C)C(=O)N(C)[C@H](CC(C)C)COc3ccccc3C(=O)N2)cc1. The van der Waals surface area contributed by atoms with E-state index in [0.29, 0.717) is 18.6 Å². The Balaban J connectivity index is 1.55. The van der Waals surface area contributed by atoms with E-state index in [1.54, 1.807) is 61.3 Å². The monoisotopic (exact) mass is 718 g/mol. The molecule has 52 heavy (non-hydrogen) atoms. The van der Waals surface area contributed by atoms with Crippen LogP contribution in [0.5, 0.6) is 23.0 Å². The Morgan fingerprint density at radius 1 is 0.942 bits per heavy atom. The fourth-order valence-electron chi connectivity index (χ4n) is 5.89. The predicted octanol–water partition coefficient (Wildman–Crippen LogP) is 5.80. The molecule has 0 spiro atoms. The Hall–Kier alpha value is -5.13. The number of ether oxygens (including phenoxy) is 3. The van der Waals surface area contributed by atoms with Gasteiger partial charge in [0.15, 0.2) is 17.3 Å². The van der Waals surface area contributed by atoms with Gasteiger partial charge in [-0.05, 0) is 74.9 Å². The van der Waals surface area contributed by atoms with E-state index in [1.807, 2.05) is 32.9 Å². The number of carbonyl (C=O) groups excluding carboxylic acids is 4. The van der Waals surface area contributed by atoms with Crippen molar-refractivity contribution in [2.75, 3.05) is 20.3 Å². The number of fused-ring (bicyclic) bond motifs is 1. The quantitative estimate of drug-likeness (QED) is 0.228. The molecule has 0 aromatic heterocycles. The van der Waals surface area contributed by atoms with E-state index in [1.165, 1.54) is 12.1 Å². The van der Waals surface area contributed by atoms with Gasteiger partial charge >= 0.3 is 0 Å². The van der Waals surface area contributed by atoms with Crippen LogP contribution in [0.3, 0.4) is 0 Å². The number of halogens is 1. The first-order valence-electron chi connectivity index (χ1n) is 17.8. The Morgan fingerprint density at radius 3 is 2.33 bits per heavy atom. The van der Waals surface area contributed by atoms with Gasteiger partial charge in [0.1, 0.15) is 36.8 Å². The lowest BCUT2D eigenvalue weighted by Crippen LogP contribution is -2.55. The number of likely N-dealkylation sites (N-methyl/N-ethyl adjacent to an activating group) is 1. The Morgan fingerprint density at radius 2 is 1.63 bits per heavy atom. The maximum atomic E-state index is 14.9. The number of para-hydroxylation sites is 2. The number of hydrogen-bond acceptors (Lipinski definition) is 7. The average Bonchev–Trinajstić information content (AvgIpc) is 3.09. The number of rotatable bonds is 11. The van der Waals surface area contributed by atoms with Crippen LogP contribution in [0.25, 0.3) is 0 Å². The third-order valence-corrected chi connectivity index (χ3v) is 8.60. The summed E-state index contributed by atoms with van der Waals surface area (Å²) in [7, 11) is 1.70. The number of amides is 4. The van der Waals surface area contributed by atoms with Gasteiger partial charge in [0.25, 0.3) is 5.91 Å². The van der Waals surface area contributed by atoms with Gasteiger partial charge < -0.3 is 35.1 Å². The maximum absolute atomic E-state index is 14.9. The molecule has 0 fully saturated rings. The molecule has 4 atom stereocenters. The zero-order chi connectivity index (χ0) is 37.9. The maximum Gasteiger partial charge on any atom is 0.255 e. The Kier molecular flexibility index (Phi) is 14.0. The fourth-order valence-corrected chi connectivity index (χ4v) is 5.89. The Bertz CT molecular complexity index is 1700. The first kappa shape index (κ1) is 39.7. The zero-order valence-corrected chi connectivity index (χ0v) is 31.0. The van der Waals surface area contributed by atoms with Crippen LogP contribution in [0.15, 0.2) is 66.7 Å². The fraction of sp³-hybridized carbons (Fsp3) is 0.450. The number of carbonyl (C=O) groups is 4. The molecule has 0 bridgehead atoms. The lowest BCUT2D eigenvalue weighted by Gasteiger charge is -2.33. The summed E-state index contributed by atoms with van der Waals surface area (Å²) in [6.45, 7) is 11.6. The molecule has 3 aromatic rings. The molecule has 3 N–H and O–H groups in total. The van der Waals surface area contributed by atoms with Crippen molar-refractivity contribution in [3.8, 4) is 23.0 Å². The minimum absolute atomic E-state index is 0.0742. The van der Waals surface area contributed by atoms with Crippen LogP contribution in [-0.4, -0.2) is 73.0 Å². The lowest BCUT2D eigenvalue weighted by atomic mass is 9.99. The predicted molar refractivity (Wildman–Crippen MR) is 196 cm³/mol. The smallest absolute Gasteiger partial charge is 0.255 e. The van der Waals surface area contributed by atoms with Crippen LogP contribution in [0.1, 0.15) is 69.8 Å². The highest BCUT2D eigenvalue weighted by atomic mass is 19.1. The lowest BCUT2D eigenvalue weighted by molar-refractivity contribution is -0.138. The molecule has 12 heteroatoms. The summed E-state index contributed by atoms with van der Waals surface area (Å²) in [5, 5.41) is 8.29. The van der Waals surface area contributed by atoms with E-state index in [2.05, 4.69) is 29.8 Å². The zero-order valence-electron chi connectivity index (χ0n) is 31.0. The molecule has 1 aliphatic rings. The molecular weight excluding hydrogens is 667 g/mol. The van der Waals surface area contributed by atoms with Crippen LogP contribution in [-0.2, 0) is 14.4 Å². The average molecular weight is 719 g/mol. The third kappa shape index (κ3) is 11.2. The summed E-state index contributed by atoms with van der Waals surface area (Å²) in [5.74, 6) is -1.66. The summed E-state index contributed by atoms with van der Waals surface area (Å²) in [6, 6.07) is 15.0. The standard InChI is InChI=1S/C40H51FN4O7/c1-24(2)19-28-23-50-34-13-9-8-11-30(34)38(47)44-32(21-36(46)43-33(20-25(3)4)40(49)45(28)7)39(48)42-27(6)22-51-37-31(41)12-10-14-35(37)52-29-17-15-26(5)16-18-29/h8-18,24-25,27-28,32-33H,19-23H2,1-7H3,(H,42,48)(H,43,46)(H,44,47)/t27-,28-,32+,33+/m1/s1. The largest absolute Gasteiger partial charge is 0.491 e. The first-order valence-corrected chi connectivity index (χ1v) is 17.8. The van der Waals surface area contributed by atoms with Crippen molar-refractivity contribution in [1.29, 1.82) is 0 Å². The van der Waals surface area contributed by atoms with E-state index in [-0.39, 0.29) is 59.8 Å². The molecule has 0 saturated carbocycles. The molecule has 1 heterocycles. The molecule has 0 radical (unpaired) electrons. The van der Waals surface area contributed by atoms with Crippen LogP contribution in [0, 0.1) is 24.6 Å². The molecule has 3 aromatic carbocycles. The third-order valence-electron chi connectivity index (χ3n) is 8.60. The van der Waals surface area contributed by atoms with E-state index < -0.39 is 48.1 Å². The highest BCUT2D eigenvalue weighted by Gasteiger charge is 2.33. The van der Waals surface area contributed by atoms with Crippen molar-refractivity contribution in [2.24, 2.45) is 11.8 Å². The number of nitrogens with zero attached hydrogens (tertiary/aromatic N) is 1. The molecule has 11 nitrogen and oxygen atoms in total. The van der Waals surface area contributed by atoms with Crippen molar-refractivity contribution in [3.05, 3.63) is 83.7 Å². The summed E-state index contributed by atoms with van der Waals surface area (Å²) in [5.41, 5.74) is 1.21. The van der Waals surface area contributed by atoms with Crippen molar-refractivity contribution in [1.82, 2.24) is 20.9 Å². The molecule has 4 rings (SSSR count). The molecule has 1 aliphatic heterocycles. The minimum Gasteiger partial charge on any atom is -0.491 e. The highest BCUT2D eigenvalue weighted by Crippen LogP contribution is 2.34. The van der Waals surface area contributed by atoms with Gasteiger partial charge in [0.05, 0.1) is 24.1 Å². The molecule has 0 aliphatic carbocycles. The van der Waals surface area contributed by atoms with Crippen LogP contribution in [0.4, 0.5) is 4.39 Å². The Labute approximate surface area is 305 Å². The van der Waals surface area contributed by atoms with Crippen LogP contribution < -0.4 is 30.2 Å². The summed E-state index contributed by atoms with van der Waals surface area (Å²) in [6.07, 6.45) is 0.564. The van der Waals surface area contributed by atoms with E-state index in [4.69, 9.17) is 14.2 Å². The molecule has 0 saturated heterocycles. The van der Waals surface area contributed by atoms with Crippen LogP contribution in [0.2, 0.25) is 0 Å². The summed E-state index contributed by atoms with van der Waals surface area (Å²) >= 11 is 0. The van der Waals surface area contributed by atoms with Crippen molar-refractivity contribution in [2.45, 2.75) is 85.0 Å². The molecule has 4 amide bonds. The second kappa shape index (κ2) is 18.4. The van der Waals surface area contributed by atoms with Gasteiger partial charge in [-0.3, -0.25) is 19.2 Å².